The van der Waals surface area contributed by atoms with Gasteiger partial charge in [0.25, 0.3) is 0 Å². The lowest BCUT2D eigenvalue weighted by atomic mass is 9.75. The molecule has 112 valence electrons. The van der Waals surface area contributed by atoms with Crippen LogP contribution in [0.5, 0.6) is 0 Å². The second-order valence-electron chi connectivity index (χ2n) is 8.00. The third-order valence-corrected chi connectivity index (χ3v) is 5.54. The average Bonchev–Trinajstić information content (AvgIpc) is 2.39. The monoisotopic (exact) mass is 266 g/mol. The lowest BCUT2D eigenvalue weighted by Gasteiger charge is -2.40. The number of hydrogen-bond donors (Lipinski definition) is 1. The lowest BCUT2D eigenvalue weighted by molar-refractivity contribution is 0.0999. The molecule has 1 saturated heterocycles. The van der Waals surface area contributed by atoms with Crippen molar-refractivity contribution in [2.75, 3.05) is 19.6 Å². The van der Waals surface area contributed by atoms with Gasteiger partial charge >= 0.3 is 0 Å². The van der Waals surface area contributed by atoms with Crippen LogP contribution in [0, 0.1) is 17.3 Å². The van der Waals surface area contributed by atoms with Gasteiger partial charge in [0.05, 0.1) is 0 Å². The largest absolute Gasteiger partial charge is 0.326 e. The first kappa shape index (κ1) is 15.3. The Bertz CT molecular complexity index is 255. The zero-order chi connectivity index (χ0) is 13.9. The van der Waals surface area contributed by atoms with Crippen molar-refractivity contribution in [2.24, 2.45) is 23.0 Å². The summed E-state index contributed by atoms with van der Waals surface area (Å²) >= 11 is 0. The molecule has 0 amide bonds. The lowest BCUT2D eigenvalue weighted by Crippen LogP contribution is -2.46. The van der Waals surface area contributed by atoms with E-state index in [1.54, 1.807) is 0 Å². The van der Waals surface area contributed by atoms with Gasteiger partial charge in [-0.3, -0.25) is 0 Å². The van der Waals surface area contributed by atoms with Crippen molar-refractivity contribution in [3.63, 3.8) is 0 Å². The van der Waals surface area contributed by atoms with Crippen molar-refractivity contribution in [1.29, 1.82) is 0 Å². The van der Waals surface area contributed by atoms with Gasteiger partial charge in [0.2, 0.25) is 0 Å². The summed E-state index contributed by atoms with van der Waals surface area (Å²) in [5, 5.41) is 0. The molecule has 2 aliphatic rings. The Hall–Kier alpha value is -0.0800. The summed E-state index contributed by atoms with van der Waals surface area (Å²) < 4.78 is 0. The minimum absolute atomic E-state index is 0.423. The highest BCUT2D eigenvalue weighted by Crippen LogP contribution is 2.34. The van der Waals surface area contributed by atoms with Crippen LogP contribution in [0.2, 0.25) is 0 Å². The van der Waals surface area contributed by atoms with Gasteiger partial charge in [-0.2, -0.15) is 0 Å². The van der Waals surface area contributed by atoms with E-state index in [9.17, 15) is 0 Å². The van der Waals surface area contributed by atoms with E-state index in [-0.39, 0.29) is 0 Å². The maximum Gasteiger partial charge on any atom is 0.0196 e. The summed E-state index contributed by atoms with van der Waals surface area (Å²) in [6.07, 6.45) is 9.72. The summed E-state index contributed by atoms with van der Waals surface area (Å²) in [5.41, 5.74) is 6.94. The van der Waals surface area contributed by atoms with Crippen LogP contribution in [-0.4, -0.2) is 30.6 Å². The first-order valence-electron chi connectivity index (χ1n) is 8.45. The van der Waals surface area contributed by atoms with Crippen LogP contribution in [0.4, 0.5) is 0 Å². The van der Waals surface area contributed by atoms with Gasteiger partial charge in [-0.25, -0.2) is 0 Å². The van der Waals surface area contributed by atoms with Crippen LogP contribution in [0.1, 0.15) is 65.7 Å². The van der Waals surface area contributed by atoms with E-state index < -0.39 is 0 Å². The fourth-order valence-corrected chi connectivity index (χ4v) is 3.99. The fourth-order valence-electron chi connectivity index (χ4n) is 3.99. The molecule has 2 heteroatoms. The Labute approximate surface area is 120 Å². The summed E-state index contributed by atoms with van der Waals surface area (Å²) in [4.78, 5) is 2.63. The molecule has 0 bridgehead atoms. The van der Waals surface area contributed by atoms with Gasteiger partial charge in [-0.05, 0) is 56.0 Å². The molecule has 1 atom stereocenters. The summed E-state index contributed by atoms with van der Waals surface area (Å²) in [5.74, 6) is 1.70. The van der Waals surface area contributed by atoms with E-state index in [1.807, 2.05) is 0 Å². The summed E-state index contributed by atoms with van der Waals surface area (Å²) in [6, 6.07) is 0.423. The standard InChI is InChI=1S/C17H34N2/c1-17(2,3)15-9-11-19(12-10-15)13-16(18)14-7-5-4-6-8-14/h14-16H,4-13,18H2,1-3H3. The molecule has 2 N–H and O–H groups in total. The maximum atomic E-state index is 6.46. The molecule has 1 aliphatic heterocycles. The number of nitrogens with zero attached hydrogens (tertiary/aromatic N) is 1. The molecule has 1 unspecified atom stereocenters. The molecule has 2 fully saturated rings. The van der Waals surface area contributed by atoms with Crippen LogP contribution in [0.25, 0.3) is 0 Å². The number of rotatable bonds is 3. The molecule has 1 heterocycles. The molecule has 0 aromatic carbocycles. The first-order chi connectivity index (χ1) is 8.97. The third-order valence-electron chi connectivity index (χ3n) is 5.54. The molecular formula is C17H34N2. The van der Waals surface area contributed by atoms with Gasteiger partial charge in [0, 0.05) is 12.6 Å². The molecule has 19 heavy (non-hydrogen) atoms. The third kappa shape index (κ3) is 4.46. The smallest absolute Gasteiger partial charge is 0.0196 e. The van der Waals surface area contributed by atoms with E-state index in [4.69, 9.17) is 5.73 Å². The Kier molecular flexibility index (Phi) is 5.30. The number of hydrogen-bond acceptors (Lipinski definition) is 2. The van der Waals surface area contributed by atoms with Crippen molar-refractivity contribution in [3.8, 4) is 0 Å². The molecule has 2 nitrogen and oxygen atoms in total. The molecule has 0 spiro atoms. The van der Waals surface area contributed by atoms with E-state index in [0.717, 1.165) is 18.4 Å². The van der Waals surface area contributed by atoms with Crippen molar-refractivity contribution >= 4 is 0 Å². The molecular weight excluding hydrogens is 232 g/mol. The highest BCUT2D eigenvalue weighted by atomic mass is 15.1. The zero-order valence-electron chi connectivity index (χ0n) is 13.3. The molecule has 0 radical (unpaired) electrons. The first-order valence-corrected chi connectivity index (χ1v) is 8.45. The molecule has 1 aliphatic carbocycles. The second-order valence-corrected chi connectivity index (χ2v) is 8.00. The Balaban J connectivity index is 1.73. The van der Waals surface area contributed by atoms with E-state index in [0.29, 0.717) is 11.5 Å². The Morgan fingerprint density at radius 1 is 1.00 bits per heavy atom. The van der Waals surface area contributed by atoms with Gasteiger partial charge in [-0.1, -0.05) is 40.0 Å². The van der Waals surface area contributed by atoms with Crippen LogP contribution < -0.4 is 5.73 Å². The zero-order valence-corrected chi connectivity index (χ0v) is 13.3. The predicted octanol–water partition coefficient (Wildman–Crippen LogP) is 3.65. The normalized spacial score (nSPS) is 26.5. The second kappa shape index (κ2) is 6.58. The van der Waals surface area contributed by atoms with Crippen molar-refractivity contribution in [3.05, 3.63) is 0 Å². The molecule has 0 aromatic rings. The van der Waals surface area contributed by atoms with Crippen LogP contribution >= 0.6 is 0 Å². The SMILES string of the molecule is CC(C)(C)C1CCN(CC(N)C2CCCCC2)CC1. The van der Waals surface area contributed by atoms with Gasteiger partial charge in [0.15, 0.2) is 0 Å². The summed E-state index contributed by atoms with van der Waals surface area (Å²) in [6.45, 7) is 10.8. The summed E-state index contributed by atoms with van der Waals surface area (Å²) in [7, 11) is 0. The van der Waals surface area contributed by atoms with Crippen molar-refractivity contribution in [1.82, 2.24) is 4.90 Å². The topological polar surface area (TPSA) is 29.3 Å². The fraction of sp³-hybridized carbons (Fsp3) is 1.00. The van der Waals surface area contributed by atoms with Crippen LogP contribution in [0.15, 0.2) is 0 Å². The van der Waals surface area contributed by atoms with Crippen molar-refractivity contribution < 1.29 is 0 Å². The Morgan fingerprint density at radius 3 is 2.11 bits per heavy atom. The van der Waals surface area contributed by atoms with Crippen molar-refractivity contribution in [2.45, 2.75) is 71.8 Å². The van der Waals surface area contributed by atoms with Crippen LogP contribution in [0.3, 0.4) is 0 Å². The Morgan fingerprint density at radius 2 is 1.58 bits per heavy atom. The highest BCUT2D eigenvalue weighted by molar-refractivity contribution is 4.84. The molecule has 2 rings (SSSR count). The van der Waals surface area contributed by atoms with Gasteiger partial charge < -0.3 is 10.6 Å². The maximum absolute atomic E-state index is 6.46. The van der Waals surface area contributed by atoms with E-state index >= 15 is 0 Å². The van der Waals surface area contributed by atoms with E-state index in [2.05, 4.69) is 25.7 Å². The predicted molar refractivity (Wildman–Crippen MR) is 83.2 cm³/mol. The molecule has 1 saturated carbocycles. The number of likely N-dealkylation sites (tertiary alicyclic amines) is 1. The minimum Gasteiger partial charge on any atom is -0.326 e. The van der Waals surface area contributed by atoms with Crippen LogP contribution in [-0.2, 0) is 0 Å². The molecule has 0 aromatic heterocycles. The van der Waals surface area contributed by atoms with Gasteiger partial charge in [-0.15, -0.1) is 0 Å². The van der Waals surface area contributed by atoms with Gasteiger partial charge in [0.1, 0.15) is 0 Å². The minimum atomic E-state index is 0.423. The van der Waals surface area contributed by atoms with E-state index in [1.165, 1.54) is 58.0 Å². The highest BCUT2D eigenvalue weighted by Gasteiger charge is 2.30. The number of nitrogens with two attached hydrogens (primary N) is 1. The number of piperidine rings is 1. The average molecular weight is 266 g/mol. The quantitative estimate of drug-likeness (QED) is 0.845.